The molecule has 1 aliphatic rings. The van der Waals surface area contributed by atoms with Crippen molar-refractivity contribution >= 4 is 11.8 Å². The summed E-state index contributed by atoms with van der Waals surface area (Å²) in [6, 6.07) is 18.4. The summed E-state index contributed by atoms with van der Waals surface area (Å²) in [5.41, 5.74) is 2.96. The predicted octanol–water partition coefficient (Wildman–Crippen LogP) is 3.99. The van der Waals surface area contributed by atoms with Crippen LogP contribution in [0.25, 0.3) is 11.1 Å². The maximum absolute atomic E-state index is 13.6. The van der Waals surface area contributed by atoms with Gasteiger partial charge in [0.15, 0.2) is 0 Å². The summed E-state index contributed by atoms with van der Waals surface area (Å²) in [4.78, 5) is 36.5. The molecule has 6 heteroatoms. The topological polar surface area (TPSA) is 75.2 Å². The van der Waals surface area contributed by atoms with Crippen LogP contribution in [0.4, 0.5) is 0 Å². The van der Waals surface area contributed by atoms with Crippen LogP contribution >= 0.6 is 0 Å². The smallest absolute Gasteiger partial charge is 0.274 e. The summed E-state index contributed by atoms with van der Waals surface area (Å²) >= 11 is 0. The number of hydrogen-bond donors (Lipinski definition) is 1. The number of likely N-dealkylation sites (tertiary alicyclic amines) is 1. The van der Waals surface area contributed by atoms with Gasteiger partial charge in [0.2, 0.25) is 5.91 Å². The molecule has 3 aromatic rings. The van der Waals surface area contributed by atoms with E-state index in [-0.39, 0.29) is 11.8 Å². The van der Waals surface area contributed by atoms with Crippen LogP contribution < -0.4 is 5.32 Å². The monoisotopic (exact) mass is 442 g/mol. The second kappa shape index (κ2) is 9.94. The number of amides is 2. The first-order valence-corrected chi connectivity index (χ1v) is 11.5. The standard InChI is InChI=1S/C27H30N4O2/c1-20(2)17-30-26(33)27(12-15-31(19-27)25(32)24-18-28-13-14-29-24)16-22-10-6-7-11-23(22)21-8-4-3-5-9-21/h3-11,13-14,18,20H,12,15-17,19H2,1-2H3,(H,30,33)/t27-/m0/s1. The average molecular weight is 443 g/mol. The zero-order chi connectivity index (χ0) is 23.3. The second-order valence-electron chi connectivity index (χ2n) is 9.15. The van der Waals surface area contributed by atoms with Crippen molar-refractivity contribution in [2.45, 2.75) is 26.7 Å². The van der Waals surface area contributed by atoms with E-state index in [0.29, 0.717) is 44.1 Å². The van der Waals surface area contributed by atoms with Gasteiger partial charge >= 0.3 is 0 Å². The van der Waals surface area contributed by atoms with Crippen molar-refractivity contribution in [1.82, 2.24) is 20.2 Å². The van der Waals surface area contributed by atoms with Crippen LogP contribution in [0.2, 0.25) is 0 Å². The molecule has 2 aromatic carbocycles. The molecule has 2 amide bonds. The molecule has 170 valence electrons. The van der Waals surface area contributed by atoms with Crippen molar-refractivity contribution in [2.24, 2.45) is 11.3 Å². The maximum Gasteiger partial charge on any atom is 0.274 e. The molecular weight excluding hydrogens is 412 g/mol. The SMILES string of the molecule is CC(C)CNC(=O)[C@]1(Cc2ccccc2-c2ccccc2)CCN(C(=O)c2cnccn2)C1. The molecule has 33 heavy (non-hydrogen) atoms. The van der Waals surface area contributed by atoms with Gasteiger partial charge in [-0.15, -0.1) is 0 Å². The third-order valence-corrected chi connectivity index (χ3v) is 6.21. The molecule has 0 bridgehead atoms. The maximum atomic E-state index is 13.6. The number of carbonyl (C=O) groups is 2. The molecular formula is C27H30N4O2. The number of rotatable bonds is 7. The van der Waals surface area contributed by atoms with E-state index in [9.17, 15) is 9.59 Å². The van der Waals surface area contributed by atoms with Crippen LogP contribution in [0.3, 0.4) is 0 Å². The summed E-state index contributed by atoms with van der Waals surface area (Å²) in [6.07, 6.45) is 5.71. The number of carbonyl (C=O) groups excluding carboxylic acids is 2. The molecule has 1 N–H and O–H groups in total. The van der Waals surface area contributed by atoms with Crippen LogP contribution in [0.1, 0.15) is 36.3 Å². The van der Waals surface area contributed by atoms with Crippen molar-refractivity contribution in [3.8, 4) is 11.1 Å². The summed E-state index contributed by atoms with van der Waals surface area (Å²) in [6.45, 7) is 5.64. The summed E-state index contributed by atoms with van der Waals surface area (Å²) in [5.74, 6) is 0.174. The lowest BCUT2D eigenvalue weighted by atomic mass is 9.78. The Balaban J connectivity index is 1.65. The van der Waals surface area contributed by atoms with Crippen LogP contribution in [-0.4, -0.2) is 46.3 Å². The highest BCUT2D eigenvalue weighted by Crippen LogP contribution is 2.38. The van der Waals surface area contributed by atoms with Crippen molar-refractivity contribution in [3.05, 3.63) is 84.4 Å². The average Bonchev–Trinajstić information content (AvgIpc) is 3.28. The highest BCUT2D eigenvalue weighted by molar-refractivity contribution is 5.93. The highest BCUT2D eigenvalue weighted by Gasteiger charge is 2.46. The Labute approximate surface area is 195 Å². The van der Waals surface area contributed by atoms with E-state index in [1.54, 1.807) is 11.1 Å². The van der Waals surface area contributed by atoms with Gasteiger partial charge in [-0.25, -0.2) is 4.98 Å². The quantitative estimate of drug-likeness (QED) is 0.600. The Morgan fingerprint density at radius 2 is 1.82 bits per heavy atom. The molecule has 0 saturated carbocycles. The largest absolute Gasteiger partial charge is 0.355 e. The van der Waals surface area contributed by atoms with Gasteiger partial charge in [0, 0.05) is 32.0 Å². The fraction of sp³-hybridized carbons (Fsp3) is 0.333. The molecule has 2 heterocycles. The van der Waals surface area contributed by atoms with Gasteiger partial charge in [-0.3, -0.25) is 14.6 Å². The van der Waals surface area contributed by atoms with Gasteiger partial charge in [-0.1, -0.05) is 68.4 Å². The second-order valence-corrected chi connectivity index (χ2v) is 9.15. The van der Waals surface area contributed by atoms with Gasteiger partial charge in [0.1, 0.15) is 5.69 Å². The number of aromatic nitrogens is 2. The van der Waals surface area contributed by atoms with E-state index in [1.165, 1.54) is 12.4 Å². The van der Waals surface area contributed by atoms with Crippen LogP contribution in [0.5, 0.6) is 0 Å². The lowest BCUT2D eigenvalue weighted by Gasteiger charge is -2.29. The van der Waals surface area contributed by atoms with Crippen molar-refractivity contribution in [3.63, 3.8) is 0 Å². The van der Waals surface area contributed by atoms with E-state index in [1.807, 2.05) is 30.3 Å². The summed E-state index contributed by atoms with van der Waals surface area (Å²) in [7, 11) is 0. The van der Waals surface area contributed by atoms with Gasteiger partial charge in [-0.05, 0) is 35.4 Å². The molecule has 1 saturated heterocycles. The Bertz CT molecular complexity index is 1100. The normalized spacial score (nSPS) is 17.8. The molecule has 0 unspecified atom stereocenters. The van der Waals surface area contributed by atoms with Gasteiger partial charge < -0.3 is 10.2 Å². The summed E-state index contributed by atoms with van der Waals surface area (Å²) in [5, 5.41) is 3.14. The van der Waals surface area contributed by atoms with Gasteiger partial charge in [0.25, 0.3) is 5.91 Å². The molecule has 0 radical (unpaired) electrons. The lowest BCUT2D eigenvalue weighted by molar-refractivity contribution is -0.130. The molecule has 0 aliphatic carbocycles. The van der Waals surface area contributed by atoms with Crippen molar-refractivity contribution in [1.29, 1.82) is 0 Å². The minimum absolute atomic E-state index is 0.00788. The van der Waals surface area contributed by atoms with Crippen LogP contribution in [0, 0.1) is 11.3 Å². The van der Waals surface area contributed by atoms with Crippen LogP contribution in [-0.2, 0) is 11.2 Å². The number of hydrogen-bond acceptors (Lipinski definition) is 4. The fourth-order valence-electron chi connectivity index (χ4n) is 4.45. The Kier molecular flexibility index (Phi) is 6.82. The van der Waals surface area contributed by atoms with E-state index in [2.05, 4.69) is 53.4 Å². The Hall–Kier alpha value is -3.54. The first-order valence-electron chi connectivity index (χ1n) is 11.5. The lowest BCUT2D eigenvalue weighted by Crippen LogP contribution is -2.46. The number of nitrogens with one attached hydrogen (secondary N) is 1. The van der Waals surface area contributed by atoms with E-state index in [4.69, 9.17) is 0 Å². The Morgan fingerprint density at radius 1 is 1.06 bits per heavy atom. The molecule has 1 atom stereocenters. The zero-order valence-electron chi connectivity index (χ0n) is 19.2. The van der Waals surface area contributed by atoms with Crippen LogP contribution in [0.15, 0.2) is 73.2 Å². The van der Waals surface area contributed by atoms with Gasteiger partial charge in [-0.2, -0.15) is 0 Å². The highest BCUT2D eigenvalue weighted by atomic mass is 16.2. The molecule has 4 rings (SSSR count). The van der Waals surface area contributed by atoms with Crippen molar-refractivity contribution in [2.75, 3.05) is 19.6 Å². The minimum atomic E-state index is -0.697. The Morgan fingerprint density at radius 3 is 2.55 bits per heavy atom. The fourth-order valence-corrected chi connectivity index (χ4v) is 4.45. The molecule has 0 spiro atoms. The third-order valence-electron chi connectivity index (χ3n) is 6.21. The third kappa shape index (κ3) is 5.11. The predicted molar refractivity (Wildman–Crippen MR) is 128 cm³/mol. The van der Waals surface area contributed by atoms with E-state index in [0.717, 1.165) is 16.7 Å². The first-order chi connectivity index (χ1) is 16.0. The summed E-state index contributed by atoms with van der Waals surface area (Å²) < 4.78 is 0. The molecule has 1 aromatic heterocycles. The number of nitrogens with zero attached hydrogens (tertiary/aromatic N) is 3. The van der Waals surface area contributed by atoms with Crippen molar-refractivity contribution < 1.29 is 9.59 Å². The first kappa shape index (κ1) is 22.6. The minimum Gasteiger partial charge on any atom is -0.355 e. The van der Waals surface area contributed by atoms with E-state index < -0.39 is 5.41 Å². The molecule has 6 nitrogen and oxygen atoms in total. The number of benzene rings is 2. The molecule has 1 aliphatic heterocycles. The van der Waals surface area contributed by atoms with E-state index >= 15 is 0 Å². The molecule has 1 fully saturated rings. The zero-order valence-corrected chi connectivity index (χ0v) is 19.2. The van der Waals surface area contributed by atoms with Gasteiger partial charge in [0.05, 0.1) is 11.6 Å².